The second-order valence-electron chi connectivity index (χ2n) is 5.51. The van der Waals surface area contributed by atoms with Crippen molar-refractivity contribution in [3.63, 3.8) is 0 Å². The van der Waals surface area contributed by atoms with Crippen molar-refractivity contribution in [2.45, 2.75) is 25.3 Å². The van der Waals surface area contributed by atoms with Crippen LogP contribution in [0, 0.1) is 5.82 Å². The van der Waals surface area contributed by atoms with Crippen LogP contribution in [0.2, 0.25) is 0 Å². The summed E-state index contributed by atoms with van der Waals surface area (Å²) in [6, 6.07) is 6.36. The van der Waals surface area contributed by atoms with E-state index in [0.29, 0.717) is 31.5 Å². The van der Waals surface area contributed by atoms with Crippen LogP contribution in [0.25, 0.3) is 0 Å². The van der Waals surface area contributed by atoms with Crippen LogP contribution in [0.3, 0.4) is 0 Å². The first-order valence-corrected chi connectivity index (χ1v) is 9.22. The lowest BCUT2D eigenvalue weighted by Gasteiger charge is -2.11. The molecule has 1 saturated heterocycles. The molecule has 1 aromatic rings. The maximum Gasteiger partial charge on any atom is 0.221 e. The van der Waals surface area contributed by atoms with Crippen LogP contribution >= 0.6 is 0 Å². The van der Waals surface area contributed by atoms with Crippen molar-refractivity contribution in [1.29, 1.82) is 0 Å². The van der Waals surface area contributed by atoms with Crippen molar-refractivity contribution in [2.24, 2.45) is 0 Å². The highest BCUT2D eigenvalue weighted by Gasteiger charge is 2.28. The van der Waals surface area contributed by atoms with Gasteiger partial charge in [0.1, 0.15) is 5.82 Å². The molecule has 1 aliphatic heterocycles. The lowest BCUT2D eigenvalue weighted by Crippen LogP contribution is -2.37. The molecule has 1 amide bonds. The Morgan fingerprint density at radius 2 is 2.05 bits per heavy atom. The number of sulfone groups is 1. The molecular formula is C15H21FN2O3S. The van der Waals surface area contributed by atoms with Gasteiger partial charge in [0.05, 0.1) is 11.5 Å². The molecule has 0 bridgehead atoms. The largest absolute Gasteiger partial charge is 0.352 e. The maximum absolute atomic E-state index is 13.4. The highest BCUT2D eigenvalue weighted by Crippen LogP contribution is 2.11. The van der Waals surface area contributed by atoms with E-state index in [2.05, 4.69) is 10.6 Å². The summed E-state index contributed by atoms with van der Waals surface area (Å²) in [5, 5.41) is 5.82. The molecule has 1 atom stereocenters. The van der Waals surface area contributed by atoms with Crippen LogP contribution in [-0.4, -0.2) is 45.0 Å². The van der Waals surface area contributed by atoms with Gasteiger partial charge in [0.15, 0.2) is 9.84 Å². The highest BCUT2D eigenvalue weighted by atomic mass is 32.2. The van der Waals surface area contributed by atoms with E-state index in [4.69, 9.17) is 0 Å². The van der Waals surface area contributed by atoms with Crippen LogP contribution in [0.5, 0.6) is 0 Å². The third-order valence-electron chi connectivity index (χ3n) is 3.66. The predicted molar refractivity (Wildman–Crippen MR) is 82.8 cm³/mol. The Balaban J connectivity index is 1.59. The molecule has 1 unspecified atom stereocenters. The zero-order chi connectivity index (χ0) is 16.0. The zero-order valence-electron chi connectivity index (χ0n) is 12.3. The standard InChI is InChI=1S/C15H21FN2O3S/c16-14-4-2-1-3-12(14)5-8-17-9-6-15(19)18-13-7-10-22(20,21)11-13/h1-4,13,17H,5-11H2,(H,18,19). The second-order valence-corrected chi connectivity index (χ2v) is 7.74. The first-order valence-electron chi connectivity index (χ1n) is 7.40. The molecule has 2 rings (SSSR count). The van der Waals surface area contributed by atoms with Gasteiger partial charge in [-0.3, -0.25) is 4.79 Å². The van der Waals surface area contributed by atoms with Gasteiger partial charge in [0.25, 0.3) is 0 Å². The summed E-state index contributed by atoms with van der Waals surface area (Å²) in [7, 11) is -2.97. The Morgan fingerprint density at radius 1 is 1.27 bits per heavy atom. The molecule has 1 fully saturated rings. The van der Waals surface area contributed by atoms with Crippen molar-refractivity contribution < 1.29 is 17.6 Å². The summed E-state index contributed by atoms with van der Waals surface area (Å²) in [6.07, 6.45) is 1.35. The van der Waals surface area contributed by atoms with Gasteiger partial charge in [0.2, 0.25) is 5.91 Å². The van der Waals surface area contributed by atoms with E-state index in [-0.39, 0.29) is 35.7 Å². The second kappa shape index (κ2) is 7.69. The van der Waals surface area contributed by atoms with Gasteiger partial charge in [-0.05, 0) is 31.0 Å². The van der Waals surface area contributed by atoms with Gasteiger partial charge >= 0.3 is 0 Å². The van der Waals surface area contributed by atoms with Gasteiger partial charge in [-0.2, -0.15) is 0 Å². The molecule has 22 heavy (non-hydrogen) atoms. The predicted octanol–water partition coefficient (Wildman–Crippen LogP) is 0.651. The Morgan fingerprint density at radius 3 is 2.73 bits per heavy atom. The Bertz CT molecular complexity index is 619. The molecule has 7 heteroatoms. The summed E-state index contributed by atoms with van der Waals surface area (Å²) < 4.78 is 36.0. The molecule has 1 aromatic carbocycles. The van der Waals surface area contributed by atoms with Crippen molar-refractivity contribution in [2.75, 3.05) is 24.6 Å². The quantitative estimate of drug-likeness (QED) is 0.721. The molecule has 0 radical (unpaired) electrons. The number of amides is 1. The molecule has 0 spiro atoms. The van der Waals surface area contributed by atoms with Crippen molar-refractivity contribution in [3.8, 4) is 0 Å². The molecular weight excluding hydrogens is 307 g/mol. The molecule has 0 aliphatic carbocycles. The number of halogens is 1. The monoisotopic (exact) mass is 328 g/mol. The zero-order valence-corrected chi connectivity index (χ0v) is 13.2. The molecule has 1 heterocycles. The highest BCUT2D eigenvalue weighted by molar-refractivity contribution is 7.91. The summed E-state index contributed by atoms with van der Waals surface area (Å²) in [4.78, 5) is 11.7. The number of benzene rings is 1. The minimum absolute atomic E-state index is 0.0411. The Labute approximate surface area is 130 Å². The summed E-state index contributed by atoms with van der Waals surface area (Å²) >= 11 is 0. The molecule has 1 aliphatic rings. The number of carbonyl (C=O) groups excluding carboxylic acids is 1. The van der Waals surface area contributed by atoms with Crippen molar-refractivity contribution in [3.05, 3.63) is 35.6 Å². The third kappa shape index (κ3) is 5.38. The first-order chi connectivity index (χ1) is 10.5. The van der Waals surface area contributed by atoms with E-state index in [0.717, 1.165) is 0 Å². The summed E-state index contributed by atoms with van der Waals surface area (Å²) in [5.41, 5.74) is 0.649. The lowest BCUT2D eigenvalue weighted by atomic mass is 10.1. The minimum Gasteiger partial charge on any atom is -0.352 e. The Kier molecular flexibility index (Phi) is 5.90. The van der Waals surface area contributed by atoms with E-state index < -0.39 is 9.84 Å². The number of hydrogen-bond acceptors (Lipinski definition) is 4. The molecule has 0 aromatic heterocycles. The third-order valence-corrected chi connectivity index (χ3v) is 5.42. The normalized spacial score (nSPS) is 20.0. The average Bonchev–Trinajstić information content (AvgIpc) is 2.79. The smallest absolute Gasteiger partial charge is 0.221 e. The van der Waals surface area contributed by atoms with Gasteiger partial charge in [0, 0.05) is 19.0 Å². The van der Waals surface area contributed by atoms with Crippen LogP contribution in [0.4, 0.5) is 4.39 Å². The molecule has 2 N–H and O–H groups in total. The fourth-order valence-corrected chi connectivity index (χ4v) is 4.13. The van der Waals surface area contributed by atoms with E-state index in [9.17, 15) is 17.6 Å². The SMILES string of the molecule is O=C(CCNCCc1ccccc1F)NC1CCS(=O)(=O)C1. The van der Waals surface area contributed by atoms with Gasteiger partial charge in [-0.1, -0.05) is 18.2 Å². The minimum atomic E-state index is -2.97. The number of hydrogen-bond donors (Lipinski definition) is 2. The van der Waals surface area contributed by atoms with E-state index in [1.54, 1.807) is 18.2 Å². The summed E-state index contributed by atoms with van der Waals surface area (Å²) in [5.74, 6) is -0.178. The Hall–Kier alpha value is -1.47. The lowest BCUT2D eigenvalue weighted by molar-refractivity contribution is -0.121. The molecule has 122 valence electrons. The fraction of sp³-hybridized carbons (Fsp3) is 0.533. The van der Waals surface area contributed by atoms with E-state index in [1.807, 2.05) is 0 Å². The maximum atomic E-state index is 13.4. The van der Waals surface area contributed by atoms with Gasteiger partial charge < -0.3 is 10.6 Å². The van der Waals surface area contributed by atoms with Crippen molar-refractivity contribution >= 4 is 15.7 Å². The molecule has 0 saturated carbocycles. The van der Waals surface area contributed by atoms with Crippen LogP contribution in [-0.2, 0) is 21.1 Å². The fourth-order valence-electron chi connectivity index (χ4n) is 2.46. The van der Waals surface area contributed by atoms with Gasteiger partial charge in [-0.25, -0.2) is 12.8 Å². The number of nitrogens with one attached hydrogen (secondary N) is 2. The number of rotatable bonds is 7. The first kappa shape index (κ1) is 16.9. The average molecular weight is 328 g/mol. The molecule has 5 nitrogen and oxygen atoms in total. The van der Waals surface area contributed by atoms with Crippen LogP contribution in [0.15, 0.2) is 24.3 Å². The van der Waals surface area contributed by atoms with Gasteiger partial charge in [-0.15, -0.1) is 0 Å². The van der Waals surface area contributed by atoms with E-state index in [1.165, 1.54) is 6.07 Å². The van der Waals surface area contributed by atoms with Crippen molar-refractivity contribution in [1.82, 2.24) is 10.6 Å². The van der Waals surface area contributed by atoms with E-state index >= 15 is 0 Å². The van der Waals surface area contributed by atoms with Crippen LogP contribution < -0.4 is 10.6 Å². The summed E-state index contributed by atoms with van der Waals surface area (Å²) in [6.45, 7) is 1.08. The number of carbonyl (C=O) groups is 1. The van der Waals surface area contributed by atoms with Crippen LogP contribution in [0.1, 0.15) is 18.4 Å². The topological polar surface area (TPSA) is 75.3 Å².